The van der Waals surface area contributed by atoms with Crippen molar-refractivity contribution in [3.05, 3.63) is 0 Å². The topological polar surface area (TPSA) is 18.5 Å². The number of halogens is 1. The molecule has 0 aliphatic heterocycles. The molecular weight excluding hydrogens is 219 g/mol. The van der Waals surface area contributed by atoms with E-state index in [1.807, 2.05) is 0 Å². The summed E-state index contributed by atoms with van der Waals surface area (Å²) in [4.78, 5) is 0. The van der Waals surface area contributed by atoms with E-state index < -0.39 is 0 Å². The quantitative estimate of drug-likeness (QED) is 0.477. The Kier molecular flexibility index (Phi) is 9.92. The van der Waals surface area contributed by atoms with Crippen LogP contribution in [0.2, 0.25) is 0 Å². The zero-order valence-corrected chi connectivity index (χ0v) is 9.60. The molecule has 2 nitrogen and oxygen atoms in total. The van der Waals surface area contributed by atoms with E-state index in [4.69, 9.17) is 9.31 Å². The summed E-state index contributed by atoms with van der Waals surface area (Å²) in [6.45, 7) is 5.84. The molecule has 0 radical (unpaired) electrons. The molecule has 12 heavy (non-hydrogen) atoms. The van der Waals surface area contributed by atoms with Crippen LogP contribution >= 0.6 is 15.8 Å². The summed E-state index contributed by atoms with van der Waals surface area (Å²) in [5, 5.41) is 0. The van der Waals surface area contributed by atoms with Gasteiger partial charge < -0.3 is 9.31 Å². The number of hydrogen-bond donors (Lipinski definition) is 0. The fourth-order valence-corrected chi connectivity index (χ4v) is 1.06. The average Bonchev–Trinajstić information content (AvgIpc) is 2.06. The molecule has 0 aromatic rings. The zero-order chi connectivity index (χ0) is 9.23. The van der Waals surface area contributed by atoms with Crippen molar-refractivity contribution < 1.29 is 9.31 Å². The molecule has 0 aromatic carbocycles. The zero-order valence-electron chi connectivity index (χ0n) is 8.01. The highest BCUT2D eigenvalue weighted by molar-refractivity contribution is 9.24. The van der Waals surface area contributed by atoms with Gasteiger partial charge in [-0.15, -0.1) is 0 Å². The second-order valence-electron chi connectivity index (χ2n) is 2.72. The second-order valence-corrected chi connectivity index (χ2v) is 3.47. The highest BCUT2D eigenvalue weighted by Gasteiger charge is 2.11. The summed E-state index contributed by atoms with van der Waals surface area (Å²) in [6.07, 6.45) is 4.52. The van der Waals surface area contributed by atoms with Crippen LogP contribution in [0.5, 0.6) is 0 Å². The summed E-state index contributed by atoms with van der Waals surface area (Å²) in [6, 6.07) is 0. The molecule has 0 amide bonds. The lowest BCUT2D eigenvalue weighted by Gasteiger charge is -2.07. The minimum atomic E-state index is -0.212. The smallest absolute Gasteiger partial charge is 0.402 e. The van der Waals surface area contributed by atoms with Crippen LogP contribution in [0.3, 0.4) is 0 Å². The Labute approximate surface area is 84.1 Å². The van der Waals surface area contributed by atoms with Crippen molar-refractivity contribution in [1.29, 1.82) is 0 Å². The maximum atomic E-state index is 5.32. The van der Waals surface area contributed by atoms with Crippen LogP contribution in [0.1, 0.15) is 39.5 Å². The molecule has 0 N–H and O–H groups in total. The van der Waals surface area contributed by atoms with Crippen molar-refractivity contribution in [2.24, 2.45) is 0 Å². The van der Waals surface area contributed by atoms with Gasteiger partial charge in [0.15, 0.2) is 0 Å². The fraction of sp³-hybridized carbons (Fsp3) is 1.00. The van der Waals surface area contributed by atoms with Crippen LogP contribution in [0.4, 0.5) is 0 Å². The molecular formula is C8H18BBrO2. The molecule has 72 valence electrons. The minimum absolute atomic E-state index is 0.212. The molecule has 4 heteroatoms. The van der Waals surface area contributed by atoms with Gasteiger partial charge in [0, 0.05) is 13.2 Å². The number of hydrogen-bond acceptors (Lipinski definition) is 2. The van der Waals surface area contributed by atoms with E-state index in [9.17, 15) is 0 Å². The highest BCUT2D eigenvalue weighted by atomic mass is 79.9. The third kappa shape index (κ3) is 8.56. The normalized spacial score (nSPS) is 10.2. The first-order valence-corrected chi connectivity index (χ1v) is 5.60. The van der Waals surface area contributed by atoms with Gasteiger partial charge in [0.05, 0.1) is 0 Å². The average molecular weight is 237 g/mol. The molecule has 0 heterocycles. The Bertz CT molecular complexity index is 83.1. The van der Waals surface area contributed by atoms with Gasteiger partial charge in [-0.25, -0.2) is 0 Å². The standard InChI is InChI=1S/C8H18BBrO2/c1-3-5-7-11-9(10)12-8-6-4-2/h3-8H2,1-2H3. The molecule has 0 saturated heterocycles. The van der Waals surface area contributed by atoms with Crippen molar-refractivity contribution in [1.82, 2.24) is 0 Å². The van der Waals surface area contributed by atoms with E-state index in [-0.39, 0.29) is 5.94 Å². The van der Waals surface area contributed by atoms with Gasteiger partial charge in [0.25, 0.3) is 0 Å². The highest BCUT2D eigenvalue weighted by Crippen LogP contribution is 2.01. The third-order valence-electron chi connectivity index (χ3n) is 1.49. The minimum Gasteiger partial charge on any atom is -0.402 e. The maximum Gasteiger partial charge on any atom is 0.539 e. The van der Waals surface area contributed by atoms with Crippen molar-refractivity contribution in [3.8, 4) is 0 Å². The van der Waals surface area contributed by atoms with Gasteiger partial charge in [-0.3, -0.25) is 0 Å². The molecule has 0 aromatic heterocycles. The van der Waals surface area contributed by atoms with E-state index in [1.165, 1.54) is 0 Å². The largest absolute Gasteiger partial charge is 0.539 e. The van der Waals surface area contributed by atoms with Crippen molar-refractivity contribution in [2.75, 3.05) is 13.2 Å². The van der Waals surface area contributed by atoms with Gasteiger partial charge in [-0.2, -0.15) is 0 Å². The molecule has 0 aliphatic rings. The van der Waals surface area contributed by atoms with Gasteiger partial charge in [-0.1, -0.05) is 42.4 Å². The molecule has 0 saturated carbocycles. The summed E-state index contributed by atoms with van der Waals surface area (Å²) in [5.74, 6) is -0.212. The van der Waals surface area contributed by atoms with Crippen LogP contribution in [0, 0.1) is 0 Å². The summed E-state index contributed by atoms with van der Waals surface area (Å²) >= 11 is 3.29. The Morgan fingerprint density at radius 3 is 1.75 bits per heavy atom. The van der Waals surface area contributed by atoms with Crippen LogP contribution < -0.4 is 0 Å². The summed E-state index contributed by atoms with van der Waals surface area (Å²) < 4.78 is 10.6. The van der Waals surface area contributed by atoms with E-state index in [2.05, 4.69) is 29.6 Å². The first kappa shape index (κ1) is 12.5. The molecule has 0 aliphatic carbocycles. The predicted molar refractivity (Wildman–Crippen MR) is 56.4 cm³/mol. The summed E-state index contributed by atoms with van der Waals surface area (Å²) in [7, 11) is 0. The molecule has 0 unspecified atom stereocenters. The van der Waals surface area contributed by atoms with Gasteiger partial charge in [-0.05, 0) is 12.8 Å². The third-order valence-corrected chi connectivity index (χ3v) is 2.02. The molecule has 0 bridgehead atoms. The second kappa shape index (κ2) is 9.55. The van der Waals surface area contributed by atoms with Crippen LogP contribution in [0.25, 0.3) is 0 Å². The first-order valence-electron chi connectivity index (χ1n) is 4.68. The lowest BCUT2D eigenvalue weighted by Crippen LogP contribution is -2.16. The first-order chi connectivity index (χ1) is 5.81. The lowest BCUT2D eigenvalue weighted by atomic mass is 10.3. The van der Waals surface area contributed by atoms with Crippen LogP contribution in [-0.4, -0.2) is 19.2 Å². The lowest BCUT2D eigenvalue weighted by molar-refractivity contribution is 0.211. The molecule has 0 spiro atoms. The Morgan fingerprint density at radius 1 is 1.00 bits per heavy atom. The Hall–Kier alpha value is 0.465. The molecule has 0 rings (SSSR count). The van der Waals surface area contributed by atoms with Gasteiger partial charge in [0.1, 0.15) is 0 Å². The number of unbranched alkanes of at least 4 members (excludes halogenated alkanes) is 2. The van der Waals surface area contributed by atoms with Crippen LogP contribution in [0.15, 0.2) is 0 Å². The van der Waals surface area contributed by atoms with E-state index >= 15 is 0 Å². The molecule has 0 fully saturated rings. The fourth-order valence-electron chi connectivity index (χ4n) is 0.689. The SMILES string of the molecule is CCCCOB(Br)OCCCC. The van der Waals surface area contributed by atoms with Crippen molar-refractivity contribution >= 4 is 21.7 Å². The Morgan fingerprint density at radius 2 is 1.42 bits per heavy atom. The van der Waals surface area contributed by atoms with Gasteiger partial charge >= 0.3 is 5.94 Å². The van der Waals surface area contributed by atoms with Crippen molar-refractivity contribution in [2.45, 2.75) is 39.5 Å². The monoisotopic (exact) mass is 236 g/mol. The molecule has 0 atom stereocenters. The van der Waals surface area contributed by atoms with Crippen molar-refractivity contribution in [3.63, 3.8) is 0 Å². The number of rotatable bonds is 8. The van der Waals surface area contributed by atoms with E-state index in [0.29, 0.717) is 0 Å². The Balaban J connectivity index is 3.04. The summed E-state index contributed by atoms with van der Waals surface area (Å²) in [5.41, 5.74) is 0. The maximum absolute atomic E-state index is 5.32. The van der Waals surface area contributed by atoms with E-state index in [0.717, 1.165) is 38.9 Å². The van der Waals surface area contributed by atoms with E-state index in [1.54, 1.807) is 0 Å². The predicted octanol–water partition coefficient (Wildman–Crippen LogP) is 3.00. The van der Waals surface area contributed by atoms with Gasteiger partial charge in [0.2, 0.25) is 0 Å². The van der Waals surface area contributed by atoms with Crippen LogP contribution in [-0.2, 0) is 9.31 Å².